The summed E-state index contributed by atoms with van der Waals surface area (Å²) in [6.45, 7) is 7.91. The van der Waals surface area contributed by atoms with Crippen molar-refractivity contribution in [1.82, 2.24) is 5.32 Å². The van der Waals surface area contributed by atoms with E-state index >= 15 is 0 Å². The van der Waals surface area contributed by atoms with Crippen LogP contribution in [0.3, 0.4) is 0 Å². The molecule has 2 unspecified atom stereocenters. The zero-order valence-corrected chi connectivity index (χ0v) is 12.5. The molecular formula is C16H26FNO. The van der Waals surface area contributed by atoms with E-state index in [0.29, 0.717) is 11.5 Å². The van der Waals surface area contributed by atoms with Crippen molar-refractivity contribution in [2.75, 3.05) is 20.3 Å². The third kappa shape index (κ3) is 4.92. The van der Waals surface area contributed by atoms with Gasteiger partial charge in [-0.2, -0.15) is 0 Å². The molecular weight excluding hydrogens is 241 g/mol. The highest BCUT2D eigenvalue weighted by Crippen LogP contribution is 2.26. The van der Waals surface area contributed by atoms with Crippen molar-refractivity contribution in [3.05, 3.63) is 35.1 Å². The molecule has 0 aliphatic rings. The third-order valence-corrected chi connectivity index (χ3v) is 3.50. The zero-order valence-electron chi connectivity index (χ0n) is 12.5. The van der Waals surface area contributed by atoms with Crippen LogP contribution in [0.4, 0.5) is 4.39 Å². The Balaban J connectivity index is 2.84. The average molecular weight is 267 g/mol. The van der Waals surface area contributed by atoms with Gasteiger partial charge in [-0.3, -0.25) is 0 Å². The Morgan fingerprint density at radius 1 is 1.37 bits per heavy atom. The van der Waals surface area contributed by atoms with Crippen LogP contribution in [0.1, 0.15) is 43.9 Å². The quantitative estimate of drug-likeness (QED) is 0.772. The standard InChI is InChI=1S/C16H26FNO/c1-5-9-18-16(12(2)8-10-19-4)14-6-7-15(17)13(3)11-14/h6-7,11-12,16,18H,5,8-10H2,1-4H3. The summed E-state index contributed by atoms with van der Waals surface area (Å²) >= 11 is 0. The average Bonchev–Trinajstić information content (AvgIpc) is 2.40. The van der Waals surface area contributed by atoms with Crippen LogP contribution in [-0.2, 0) is 4.74 Å². The van der Waals surface area contributed by atoms with Gasteiger partial charge >= 0.3 is 0 Å². The molecule has 0 amide bonds. The van der Waals surface area contributed by atoms with Gasteiger partial charge in [0.05, 0.1) is 0 Å². The molecule has 0 bridgehead atoms. The maximum absolute atomic E-state index is 13.4. The predicted octanol–water partition coefficient (Wildman–Crippen LogP) is 3.85. The summed E-state index contributed by atoms with van der Waals surface area (Å²) in [7, 11) is 1.73. The van der Waals surface area contributed by atoms with Crippen LogP contribution in [0, 0.1) is 18.7 Å². The van der Waals surface area contributed by atoms with Gasteiger partial charge in [-0.1, -0.05) is 26.0 Å². The number of rotatable bonds is 8. The maximum atomic E-state index is 13.4. The number of hydrogen-bond donors (Lipinski definition) is 1. The number of halogens is 1. The number of hydrogen-bond acceptors (Lipinski definition) is 2. The van der Waals surface area contributed by atoms with Gasteiger partial charge in [-0.15, -0.1) is 0 Å². The molecule has 2 atom stereocenters. The fraction of sp³-hybridized carbons (Fsp3) is 0.625. The molecule has 0 aliphatic carbocycles. The molecule has 0 aliphatic heterocycles. The monoisotopic (exact) mass is 267 g/mol. The summed E-state index contributed by atoms with van der Waals surface area (Å²) in [4.78, 5) is 0. The van der Waals surface area contributed by atoms with Gasteiger partial charge in [-0.05, 0) is 49.4 Å². The van der Waals surface area contributed by atoms with Crippen molar-refractivity contribution in [3.63, 3.8) is 0 Å². The third-order valence-electron chi connectivity index (χ3n) is 3.50. The van der Waals surface area contributed by atoms with Crippen LogP contribution < -0.4 is 5.32 Å². The number of methoxy groups -OCH3 is 1. The lowest BCUT2D eigenvalue weighted by Crippen LogP contribution is -2.28. The lowest BCUT2D eigenvalue weighted by Gasteiger charge is -2.26. The molecule has 0 radical (unpaired) electrons. The highest BCUT2D eigenvalue weighted by atomic mass is 19.1. The Labute approximate surface area is 116 Å². The van der Waals surface area contributed by atoms with Crippen molar-refractivity contribution in [2.45, 2.75) is 39.7 Å². The summed E-state index contributed by atoms with van der Waals surface area (Å²) in [6, 6.07) is 5.66. The summed E-state index contributed by atoms with van der Waals surface area (Å²) in [5, 5.41) is 3.56. The Morgan fingerprint density at radius 3 is 2.68 bits per heavy atom. The molecule has 0 aromatic heterocycles. The molecule has 0 saturated heterocycles. The van der Waals surface area contributed by atoms with Crippen molar-refractivity contribution in [3.8, 4) is 0 Å². The number of benzene rings is 1. The second-order valence-electron chi connectivity index (χ2n) is 5.20. The van der Waals surface area contributed by atoms with E-state index in [-0.39, 0.29) is 11.9 Å². The van der Waals surface area contributed by atoms with Crippen molar-refractivity contribution >= 4 is 0 Å². The molecule has 0 fully saturated rings. The SMILES string of the molecule is CCCNC(c1ccc(F)c(C)c1)C(C)CCOC. The molecule has 1 N–H and O–H groups in total. The van der Waals surface area contributed by atoms with E-state index in [2.05, 4.69) is 19.2 Å². The first kappa shape index (κ1) is 16.1. The molecule has 1 rings (SSSR count). The van der Waals surface area contributed by atoms with Gasteiger partial charge in [0, 0.05) is 19.8 Å². The van der Waals surface area contributed by atoms with E-state index in [9.17, 15) is 4.39 Å². The summed E-state index contributed by atoms with van der Waals surface area (Å²) in [5.41, 5.74) is 1.87. The van der Waals surface area contributed by atoms with Gasteiger partial charge in [-0.25, -0.2) is 4.39 Å². The normalized spacial score (nSPS) is 14.4. The molecule has 3 heteroatoms. The maximum Gasteiger partial charge on any atom is 0.126 e. The van der Waals surface area contributed by atoms with E-state index in [1.807, 2.05) is 19.1 Å². The highest BCUT2D eigenvalue weighted by Gasteiger charge is 2.19. The predicted molar refractivity (Wildman–Crippen MR) is 77.8 cm³/mol. The fourth-order valence-corrected chi connectivity index (χ4v) is 2.28. The first-order valence-electron chi connectivity index (χ1n) is 7.08. The van der Waals surface area contributed by atoms with Gasteiger partial charge in [0.2, 0.25) is 0 Å². The number of aryl methyl sites for hydroxylation is 1. The first-order chi connectivity index (χ1) is 9.10. The first-order valence-corrected chi connectivity index (χ1v) is 7.08. The minimum Gasteiger partial charge on any atom is -0.385 e. The highest BCUT2D eigenvalue weighted by molar-refractivity contribution is 5.27. The van der Waals surface area contributed by atoms with E-state index in [1.54, 1.807) is 13.2 Å². The molecule has 0 spiro atoms. The fourth-order valence-electron chi connectivity index (χ4n) is 2.28. The van der Waals surface area contributed by atoms with E-state index in [0.717, 1.165) is 31.6 Å². The van der Waals surface area contributed by atoms with Gasteiger partial charge < -0.3 is 10.1 Å². The van der Waals surface area contributed by atoms with Crippen molar-refractivity contribution in [1.29, 1.82) is 0 Å². The second-order valence-corrected chi connectivity index (χ2v) is 5.20. The number of nitrogens with one attached hydrogen (secondary N) is 1. The topological polar surface area (TPSA) is 21.3 Å². The Bertz CT molecular complexity index is 381. The molecule has 19 heavy (non-hydrogen) atoms. The van der Waals surface area contributed by atoms with Gasteiger partial charge in [0.15, 0.2) is 0 Å². The van der Waals surface area contributed by atoms with Crippen LogP contribution in [-0.4, -0.2) is 20.3 Å². The Kier molecular flexibility index (Phi) is 7.03. The minimum atomic E-state index is -0.137. The van der Waals surface area contributed by atoms with Crippen LogP contribution in [0.25, 0.3) is 0 Å². The largest absolute Gasteiger partial charge is 0.385 e. The molecule has 2 nitrogen and oxygen atoms in total. The zero-order chi connectivity index (χ0) is 14.3. The Morgan fingerprint density at radius 2 is 2.11 bits per heavy atom. The summed E-state index contributed by atoms with van der Waals surface area (Å²) < 4.78 is 18.5. The summed E-state index contributed by atoms with van der Waals surface area (Å²) in [5.74, 6) is 0.318. The molecule has 1 aromatic carbocycles. The van der Waals surface area contributed by atoms with Crippen LogP contribution >= 0.6 is 0 Å². The van der Waals surface area contributed by atoms with Crippen LogP contribution in [0.2, 0.25) is 0 Å². The van der Waals surface area contributed by atoms with Crippen LogP contribution in [0.15, 0.2) is 18.2 Å². The molecule has 0 heterocycles. The van der Waals surface area contributed by atoms with Gasteiger partial charge in [0.1, 0.15) is 5.82 Å². The number of ether oxygens (including phenoxy) is 1. The van der Waals surface area contributed by atoms with Gasteiger partial charge in [0.25, 0.3) is 0 Å². The molecule has 108 valence electrons. The van der Waals surface area contributed by atoms with E-state index in [4.69, 9.17) is 4.74 Å². The van der Waals surface area contributed by atoms with E-state index in [1.165, 1.54) is 0 Å². The molecule has 1 aromatic rings. The summed E-state index contributed by atoms with van der Waals surface area (Å²) in [6.07, 6.45) is 2.09. The second kappa shape index (κ2) is 8.28. The van der Waals surface area contributed by atoms with E-state index < -0.39 is 0 Å². The van der Waals surface area contributed by atoms with Crippen molar-refractivity contribution < 1.29 is 9.13 Å². The smallest absolute Gasteiger partial charge is 0.126 e. The van der Waals surface area contributed by atoms with Crippen molar-refractivity contribution in [2.24, 2.45) is 5.92 Å². The lowest BCUT2D eigenvalue weighted by molar-refractivity contribution is 0.170. The molecule has 0 saturated carbocycles. The lowest BCUT2D eigenvalue weighted by atomic mass is 9.91. The van der Waals surface area contributed by atoms with Crippen LogP contribution in [0.5, 0.6) is 0 Å². The Hall–Kier alpha value is -0.930. The minimum absolute atomic E-state index is 0.137.